The Kier molecular flexibility index (Phi) is 1.16. The lowest BCUT2D eigenvalue weighted by atomic mass is 10.2. The molecule has 2 nitrogen and oxygen atoms in total. The van der Waals surface area contributed by atoms with E-state index >= 15 is 0 Å². The number of carbonyl (C=O) groups excluding carboxylic acids is 1. The van der Waals surface area contributed by atoms with Crippen molar-refractivity contribution in [2.24, 2.45) is 0 Å². The highest BCUT2D eigenvalue weighted by Gasteiger charge is 1.94. The van der Waals surface area contributed by atoms with Crippen LogP contribution < -0.4 is 0 Å². The summed E-state index contributed by atoms with van der Waals surface area (Å²) in [5.41, 5.74) is 0.519. The van der Waals surface area contributed by atoms with Gasteiger partial charge in [-0.3, -0.25) is 4.79 Å². The molecule has 0 aliphatic carbocycles. The summed E-state index contributed by atoms with van der Waals surface area (Å²) in [5, 5.41) is 0. The maximum absolute atomic E-state index is 10.3. The predicted molar refractivity (Wildman–Crippen MR) is 29.4 cm³/mol. The van der Waals surface area contributed by atoms with E-state index in [2.05, 4.69) is 4.98 Å². The average molecular weight is 107 g/mol. The molecule has 1 N–H and O–H groups in total. The number of rotatable bonds is 1. The molecule has 1 heterocycles. The van der Waals surface area contributed by atoms with Crippen LogP contribution in [-0.2, 0) is 0 Å². The fourth-order valence-electron chi connectivity index (χ4n) is 0.477. The molecule has 0 aliphatic rings. The third-order valence-corrected chi connectivity index (χ3v) is 0.882. The van der Waals surface area contributed by atoms with Crippen LogP contribution in [0.2, 0.25) is 0 Å². The second-order valence-corrected chi connectivity index (χ2v) is 1.46. The summed E-state index contributed by atoms with van der Waals surface area (Å²) in [6.45, 7) is 4.90. The van der Waals surface area contributed by atoms with E-state index in [1.54, 1.807) is 18.5 Å². The monoisotopic (exact) mass is 107 g/mol. The van der Waals surface area contributed by atoms with Crippen molar-refractivity contribution in [1.82, 2.24) is 4.98 Å². The molecule has 2 heteroatoms. The standard InChI is InChI=1S/C6H5NO/c1-5(8)6-2-3-7-4-6/h1-4,7H. The number of hydrogen-bond acceptors (Lipinski definition) is 1. The van der Waals surface area contributed by atoms with Gasteiger partial charge in [-0.05, 0) is 6.07 Å². The van der Waals surface area contributed by atoms with Crippen molar-refractivity contribution in [3.63, 3.8) is 0 Å². The molecule has 0 amide bonds. The predicted octanol–water partition coefficient (Wildman–Crippen LogP) is 0.908. The normalized spacial score (nSPS) is 9.12. The molecule has 0 unspecified atom stereocenters. The van der Waals surface area contributed by atoms with Crippen molar-refractivity contribution in [2.45, 2.75) is 0 Å². The molecule has 1 aromatic heterocycles. The van der Waals surface area contributed by atoms with Gasteiger partial charge in [-0.15, -0.1) is 0 Å². The first kappa shape index (κ1) is 5.09. The van der Waals surface area contributed by atoms with Crippen LogP contribution in [-0.4, -0.2) is 10.8 Å². The molecule has 0 saturated heterocycles. The zero-order valence-electron chi connectivity index (χ0n) is 4.22. The Balaban J connectivity index is 2.93. The molecule has 8 heavy (non-hydrogen) atoms. The molecule has 2 radical (unpaired) electrons. The SMILES string of the molecule is [CH]C(=O)c1cc[nH]c1. The number of aromatic amines is 1. The maximum Gasteiger partial charge on any atom is 0.168 e. The van der Waals surface area contributed by atoms with Gasteiger partial charge in [0, 0.05) is 24.9 Å². The van der Waals surface area contributed by atoms with Gasteiger partial charge in [-0.2, -0.15) is 0 Å². The first-order valence-electron chi connectivity index (χ1n) is 2.23. The molecule has 0 aromatic carbocycles. The average Bonchev–Trinajstić information content (AvgIpc) is 2.12. The van der Waals surface area contributed by atoms with Crippen molar-refractivity contribution in [2.75, 3.05) is 0 Å². The summed E-state index contributed by atoms with van der Waals surface area (Å²) in [4.78, 5) is 13.0. The minimum absolute atomic E-state index is 0.397. The molecule has 0 spiro atoms. The molecule has 0 saturated carbocycles. The lowest BCUT2D eigenvalue weighted by molar-refractivity contribution is 0.104. The van der Waals surface area contributed by atoms with Crippen LogP contribution in [0.4, 0.5) is 0 Å². The highest BCUT2D eigenvalue weighted by atomic mass is 16.1. The van der Waals surface area contributed by atoms with E-state index in [0.29, 0.717) is 5.56 Å². The quantitative estimate of drug-likeness (QED) is 0.531. The first-order valence-corrected chi connectivity index (χ1v) is 2.23. The second-order valence-electron chi connectivity index (χ2n) is 1.46. The minimum Gasteiger partial charge on any atom is -0.367 e. The van der Waals surface area contributed by atoms with Gasteiger partial charge in [0.1, 0.15) is 0 Å². The topological polar surface area (TPSA) is 32.9 Å². The Morgan fingerprint density at radius 3 is 2.75 bits per heavy atom. The van der Waals surface area contributed by atoms with Crippen molar-refractivity contribution >= 4 is 5.78 Å². The van der Waals surface area contributed by atoms with Gasteiger partial charge in [-0.1, -0.05) is 0 Å². The van der Waals surface area contributed by atoms with E-state index < -0.39 is 5.78 Å². The fourth-order valence-corrected chi connectivity index (χ4v) is 0.477. The Morgan fingerprint density at radius 1 is 1.75 bits per heavy atom. The Labute approximate surface area is 47.5 Å². The number of ketones is 1. The summed E-state index contributed by atoms with van der Waals surface area (Å²) >= 11 is 0. The van der Waals surface area contributed by atoms with E-state index in [1.165, 1.54) is 0 Å². The van der Waals surface area contributed by atoms with Gasteiger partial charge in [0.05, 0.1) is 0 Å². The number of H-pyrrole nitrogens is 1. The molecule has 40 valence electrons. The molecule has 0 atom stereocenters. The summed E-state index contributed by atoms with van der Waals surface area (Å²) in [6.07, 6.45) is 3.21. The van der Waals surface area contributed by atoms with Gasteiger partial charge in [0.25, 0.3) is 0 Å². The maximum atomic E-state index is 10.3. The number of nitrogens with one attached hydrogen (secondary N) is 1. The van der Waals surface area contributed by atoms with Gasteiger partial charge < -0.3 is 4.98 Å². The van der Waals surface area contributed by atoms with Crippen LogP contribution in [0.25, 0.3) is 0 Å². The number of carbonyl (C=O) groups is 1. The van der Waals surface area contributed by atoms with E-state index in [0.717, 1.165) is 0 Å². The third-order valence-electron chi connectivity index (χ3n) is 0.882. The van der Waals surface area contributed by atoms with Crippen molar-refractivity contribution < 1.29 is 4.79 Å². The molecule has 0 fully saturated rings. The summed E-state index contributed by atoms with van der Waals surface area (Å²) in [5.74, 6) is -0.397. The highest BCUT2D eigenvalue weighted by molar-refractivity contribution is 5.99. The van der Waals surface area contributed by atoms with Crippen LogP contribution in [0.15, 0.2) is 18.5 Å². The minimum atomic E-state index is -0.397. The lowest BCUT2D eigenvalue weighted by Crippen LogP contribution is -1.86. The largest absolute Gasteiger partial charge is 0.367 e. The zero-order chi connectivity index (χ0) is 5.98. The summed E-state index contributed by atoms with van der Waals surface area (Å²) in [6, 6.07) is 1.63. The van der Waals surface area contributed by atoms with Crippen LogP contribution in [0.5, 0.6) is 0 Å². The number of Topliss-reactive ketones (excluding diaryl/α,β-unsaturated/α-hetero) is 1. The summed E-state index contributed by atoms with van der Waals surface area (Å²) in [7, 11) is 0. The number of aromatic nitrogens is 1. The van der Waals surface area contributed by atoms with Crippen LogP contribution in [0.3, 0.4) is 0 Å². The zero-order valence-corrected chi connectivity index (χ0v) is 4.22. The van der Waals surface area contributed by atoms with Crippen LogP contribution in [0, 0.1) is 6.92 Å². The Bertz CT molecular complexity index is 176. The van der Waals surface area contributed by atoms with Crippen molar-refractivity contribution in [1.29, 1.82) is 0 Å². The fraction of sp³-hybridized carbons (Fsp3) is 0. The van der Waals surface area contributed by atoms with E-state index in [4.69, 9.17) is 6.92 Å². The molecular formula is C6H5NO. The van der Waals surface area contributed by atoms with Gasteiger partial charge in [-0.25, -0.2) is 0 Å². The molecule has 0 aliphatic heterocycles. The smallest absolute Gasteiger partial charge is 0.168 e. The number of hydrogen-bond donors (Lipinski definition) is 1. The van der Waals surface area contributed by atoms with Gasteiger partial charge in [0.15, 0.2) is 5.78 Å². The highest BCUT2D eigenvalue weighted by Crippen LogP contribution is 1.94. The van der Waals surface area contributed by atoms with Gasteiger partial charge >= 0.3 is 0 Å². The van der Waals surface area contributed by atoms with Crippen molar-refractivity contribution in [3.05, 3.63) is 30.9 Å². The molecule has 1 aromatic rings. The molecule has 1 rings (SSSR count). The second kappa shape index (κ2) is 1.82. The summed E-state index contributed by atoms with van der Waals surface area (Å²) < 4.78 is 0. The van der Waals surface area contributed by atoms with E-state index in [1.807, 2.05) is 0 Å². The van der Waals surface area contributed by atoms with Crippen LogP contribution >= 0.6 is 0 Å². The third kappa shape index (κ3) is 0.780. The first-order chi connectivity index (χ1) is 3.80. The Morgan fingerprint density at radius 2 is 2.50 bits per heavy atom. The Hall–Kier alpha value is -1.05. The van der Waals surface area contributed by atoms with Crippen molar-refractivity contribution in [3.8, 4) is 0 Å². The molecule has 0 bridgehead atoms. The van der Waals surface area contributed by atoms with Crippen LogP contribution in [0.1, 0.15) is 10.4 Å². The van der Waals surface area contributed by atoms with E-state index in [-0.39, 0.29) is 0 Å². The lowest BCUT2D eigenvalue weighted by Gasteiger charge is -1.79. The molecular weight excluding hydrogens is 102 g/mol. The van der Waals surface area contributed by atoms with Gasteiger partial charge in [0.2, 0.25) is 0 Å². The van der Waals surface area contributed by atoms with E-state index in [9.17, 15) is 4.79 Å².